The van der Waals surface area contributed by atoms with Crippen LogP contribution < -0.4 is 10.1 Å². The number of benzene rings is 1. The average molecular weight is 410 g/mol. The minimum absolute atomic E-state index is 0.184. The van der Waals surface area contributed by atoms with E-state index in [9.17, 15) is 18.0 Å². The number of carbonyl (C=O) groups excluding carboxylic acids is 1. The van der Waals surface area contributed by atoms with E-state index in [1.165, 1.54) is 24.3 Å². The van der Waals surface area contributed by atoms with Crippen LogP contribution in [0.5, 0.6) is 5.75 Å². The van der Waals surface area contributed by atoms with Crippen LogP contribution in [0.3, 0.4) is 0 Å². The van der Waals surface area contributed by atoms with E-state index in [0.29, 0.717) is 11.6 Å². The number of imidazole rings is 1. The lowest BCUT2D eigenvalue weighted by Crippen LogP contribution is -2.40. The van der Waals surface area contributed by atoms with Crippen LogP contribution in [-0.4, -0.2) is 46.4 Å². The molecule has 1 fully saturated rings. The maximum Gasteiger partial charge on any atom is 0.573 e. The van der Waals surface area contributed by atoms with Gasteiger partial charge in [0.2, 0.25) is 5.91 Å². The van der Waals surface area contributed by atoms with E-state index in [0.717, 1.165) is 44.7 Å². The summed E-state index contributed by atoms with van der Waals surface area (Å²) in [4.78, 5) is 18.7. The Morgan fingerprint density at radius 2 is 1.93 bits per heavy atom. The number of hydrogen-bond acceptors (Lipinski definition) is 4. The van der Waals surface area contributed by atoms with Crippen LogP contribution in [0.1, 0.15) is 25.6 Å². The van der Waals surface area contributed by atoms with Gasteiger partial charge < -0.3 is 14.6 Å². The van der Waals surface area contributed by atoms with Crippen LogP contribution in [0.25, 0.3) is 0 Å². The fourth-order valence-electron chi connectivity index (χ4n) is 3.57. The second-order valence-corrected chi connectivity index (χ2v) is 7.19. The molecule has 1 aromatic heterocycles. The molecule has 0 aliphatic carbocycles. The Hall–Kier alpha value is -2.55. The van der Waals surface area contributed by atoms with Gasteiger partial charge in [-0.05, 0) is 56.1 Å². The van der Waals surface area contributed by atoms with Gasteiger partial charge >= 0.3 is 6.36 Å². The third-order valence-electron chi connectivity index (χ3n) is 5.02. The van der Waals surface area contributed by atoms with Crippen LogP contribution in [0.15, 0.2) is 36.7 Å². The number of nitrogens with one attached hydrogen (secondary N) is 1. The van der Waals surface area contributed by atoms with E-state index in [-0.39, 0.29) is 18.2 Å². The summed E-state index contributed by atoms with van der Waals surface area (Å²) in [5.74, 6) is 1.16. The summed E-state index contributed by atoms with van der Waals surface area (Å²) in [6.07, 6.45) is 2.06. The first-order valence-corrected chi connectivity index (χ1v) is 9.70. The molecule has 1 aromatic carbocycles. The van der Waals surface area contributed by atoms with Crippen molar-refractivity contribution in [2.45, 2.75) is 39.1 Å². The Bertz CT molecular complexity index is 797. The monoisotopic (exact) mass is 410 g/mol. The number of alkyl halides is 3. The molecule has 2 heterocycles. The van der Waals surface area contributed by atoms with Crippen LogP contribution in [0.4, 0.5) is 18.9 Å². The van der Waals surface area contributed by atoms with Gasteiger partial charge in [-0.1, -0.05) is 6.92 Å². The fraction of sp³-hybridized carbons (Fsp3) is 0.500. The summed E-state index contributed by atoms with van der Waals surface area (Å²) < 4.78 is 42.6. The number of piperidine rings is 1. The van der Waals surface area contributed by atoms with Crippen LogP contribution in [-0.2, 0) is 17.8 Å². The van der Waals surface area contributed by atoms with Gasteiger partial charge in [-0.25, -0.2) is 4.98 Å². The molecule has 0 radical (unpaired) electrons. The van der Waals surface area contributed by atoms with Crippen molar-refractivity contribution in [3.05, 3.63) is 42.5 Å². The minimum atomic E-state index is -4.73. The summed E-state index contributed by atoms with van der Waals surface area (Å²) >= 11 is 0. The Labute approximate surface area is 167 Å². The maximum atomic E-state index is 12.2. The number of ether oxygens (including phenoxy) is 1. The molecule has 3 rings (SSSR count). The van der Waals surface area contributed by atoms with E-state index in [1.807, 2.05) is 12.4 Å². The van der Waals surface area contributed by atoms with Gasteiger partial charge in [0, 0.05) is 31.0 Å². The molecule has 1 aliphatic rings. The molecule has 0 unspecified atom stereocenters. The lowest BCUT2D eigenvalue weighted by Gasteiger charge is -2.31. The second-order valence-electron chi connectivity index (χ2n) is 7.19. The van der Waals surface area contributed by atoms with Crippen molar-refractivity contribution in [2.75, 3.05) is 25.0 Å². The van der Waals surface area contributed by atoms with Crippen LogP contribution >= 0.6 is 0 Å². The van der Waals surface area contributed by atoms with E-state index in [1.54, 1.807) is 0 Å². The molecule has 0 saturated carbocycles. The number of carbonyl (C=O) groups is 1. The van der Waals surface area contributed by atoms with Crippen LogP contribution in [0.2, 0.25) is 0 Å². The Balaban J connectivity index is 1.41. The molecule has 1 N–H and O–H groups in total. The number of anilines is 1. The molecule has 0 spiro atoms. The van der Waals surface area contributed by atoms with Gasteiger partial charge in [0.1, 0.15) is 11.6 Å². The molecular formula is C20H25F3N4O2. The topological polar surface area (TPSA) is 59.4 Å². The number of amides is 1. The van der Waals surface area contributed by atoms with Crippen molar-refractivity contribution >= 4 is 11.6 Å². The van der Waals surface area contributed by atoms with Gasteiger partial charge in [0.05, 0.1) is 6.54 Å². The van der Waals surface area contributed by atoms with Gasteiger partial charge in [-0.3, -0.25) is 9.69 Å². The summed E-state index contributed by atoms with van der Waals surface area (Å²) in [6, 6.07) is 5.13. The van der Waals surface area contributed by atoms with Gasteiger partial charge in [-0.2, -0.15) is 0 Å². The first-order valence-electron chi connectivity index (χ1n) is 9.70. The highest BCUT2D eigenvalue weighted by atomic mass is 19.4. The SMILES string of the molecule is CCc1nccn1CC1CCN(CC(=O)Nc2ccc(OC(F)(F)F)cc2)CC1. The molecule has 2 aromatic rings. The average Bonchev–Trinajstić information content (AvgIpc) is 3.11. The standard InChI is InChI=1S/C20H25F3N4O2/c1-2-18-24-9-12-27(18)13-15-7-10-26(11-8-15)14-19(28)25-16-3-5-17(6-4-16)29-20(21,22)23/h3-6,9,12,15H,2,7-8,10-11,13-14H2,1H3,(H,25,28). The number of likely N-dealkylation sites (tertiary alicyclic amines) is 1. The number of nitrogens with zero attached hydrogens (tertiary/aromatic N) is 3. The number of hydrogen-bond donors (Lipinski definition) is 1. The fourth-order valence-corrected chi connectivity index (χ4v) is 3.57. The zero-order valence-corrected chi connectivity index (χ0v) is 16.3. The summed E-state index contributed by atoms with van der Waals surface area (Å²) in [7, 11) is 0. The Morgan fingerprint density at radius 3 is 2.55 bits per heavy atom. The van der Waals surface area contributed by atoms with Crippen molar-refractivity contribution < 1.29 is 22.7 Å². The summed E-state index contributed by atoms with van der Waals surface area (Å²) in [5, 5.41) is 2.71. The van der Waals surface area contributed by atoms with Crippen molar-refractivity contribution in [3.8, 4) is 5.75 Å². The Kier molecular flexibility index (Phi) is 6.79. The number of rotatable bonds is 7. The zero-order valence-electron chi connectivity index (χ0n) is 16.3. The third-order valence-corrected chi connectivity index (χ3v) is 5.02. The van der Waals surface area contributed by atoms with Crippen molar-refractivity contribution in [1.82, 2.24) is 14.5 Å². The predicted molar refractivity (Wildman–Crippen MR) is 103 cm³/mol. The minimum Gasteiger partial charge on any atom is -0.406 e. The molecular weight excluding hydrogens is 385 g/mol. The van der Waals surface area contributed by atoms with Crippen molar-refractivity contribution in [2.24, 2.45) is 5.92 Å². The number of halogens is 3. The summed E-state index contributed by atoms with van der Waals surface area (Å²) in [6.45, 7) is 4.99. The molecule has 29 heavy (non-hydrogen) atoms. The zero-order chi connectivity index (χ0) is 20.9. The third kappa shape index (κ3) is 6.49. The molecule has 1 aliphatic heterocycles. The molecule has 0 atom stereocenters. The number of aryl methyl sites for hydroxylation is 1. The largest absolute Gasteiger partial charge is 0.573 e. The smallest absolute Gasteiger partial charge is 0.406 e. The van der Waals surface area contributed by atoms with E-state index >= 15 is 0 Å². The van der Waals surface area contributed by atoms with E-state index in [2.05, 4.69) is 31.4 Å². The molecule has 6 nitrogen and oxygen atoms in total. The molecule has 0 bridgehead atoms. The lowest BCUT2D eigenvalue weighted by atomic mass is 9.96. The van der Waals surface area contributed by atoms with Gasteiger partial charge in [-0.15, -0.1) is 13.2 Å². The highest BCUT2D eigenvalue weighted by Gasteiger charge is 2.31. The molecule has 9 heteroatoms. The lowest BCUT2D eigenvalue weighted by molar-refractivity contribution is -0.274. The first-order chi connectivity index (χ1) is 13.8. The van der Waals surface area contributed by atoms with Crippen LogP contribution in [0, 0.1) is 5.92 Å². The van der Waals surface area contributed by atoms with Crippen molar-refractivity contribution in [3.63, 3.8) is 0 Å². The highest BCUT2D eigenvalue weighted by Crippen LogP contribution is 2.24. The van der Waals surface area contributed by atoms with Gasteiger partial charge in [0.15, 0.2) is 0 Å². The molecule has 1 saturated heterocycles. The number of aromatic nitrogens is 2. The van der Waals surface area contributed by atoms with E-state index in [4.69, 9.17) is 0 Å². The van der Waals surface area contributed by atoms with E-state index < -0.39 is 6.36 Å². The molecule has 1 amide bonds. The first kappa shape index (κ1) is 21.2. The molecule has 158 valence electrons. The second kappa shape index (κ2) is 9.30. The Morgan fingerprint density at radius 1 is 1.24 bits per heavy atom. The quantitative estimate of drug-likeness (QED) is 0.756. The normalized spacial score (nSPS) is 16.0. The predicted octanol–water partition coefficient (Wildman–Crippen LogP) is 3.69. The highest BCUT2D eigenvalue weighted by molar-refractivity contribution is 5.92. The van der Waals surface area contributed by atoms with Crippen molar-refractivity contribution in [1.29, 1.82) is 0 Å². The maximum absolute atomic E-state index is 12.2. The van der Waals surface area contributed by atoms with Gasteiger partial charge in [0.25, 0.3) is 0 Å². The summed E-state index contributed by atoms with van der Waals surface area (Å²) in [5.41, 5.74) is 0.437.